The summed E-state index contributed by atoms with van der Waals surface area (Å²) in [6.45, 7) is 11.7. The van der Waals surface area contributed by atoms with Crippen LogP contribution < -0.4 is 20.1 Å². The predicted octanol–water partition coefficient (Wildman–Crippen LogP) is 1.79. The number of benzene rings is 1. The first-order valence-corrected chi connectivity index (χ1v) is 18.2. The Morgan fingerprint density at radius 1 is 1.14 bits per heavy atom. The Kier molecular flexibility index (Phi) is 10.5. The second-order valence-electron chi connectivity index (χ2n) is 14.1. The molecule has 15 nitrogen and oxygen atoms in total. The van der Waals surface area contributed by atoms with Gasteiger partial charge in [0.1, 0.15) is 29.3 Å². The normalized spacial score (nSPS) is 23.4. The van der Waals surface area contributed by atoms with Gasteiger partial charge in [-0.25, -0.2) is 18.2 Å². The van der Waals surface area contributed by atoms with Gasteiger partial charge in [-0.3, -0.25) is 23.9 Å². The number of likely N-dealkylation sites (tertiary alicyclic amines) is 1. The number of carbonyl (C=O) groups is 5. The molecule has 2 saturated carbocycles. The molecule has 16 heteroatoms. The fourth-order valence-electron chi connectivity index (χ4n) is 6.09. The standard InChI is InChI=1S/C35H44N6O9S/c1-7-22-18-35(22,32(45)39-51(47,48)24-13-14-24)38-29(43)27-17-23(49-30-25-12-10-9-11-21(25)15-16-36-30)19-41(27)31(44)26(20-40(6)28(42)8-2)37-33(46)50-34(3,4)5/h7-12,15-16,22-24,26-27H,1-2,13-14,17-20H2,3-6H3,(H,37,46)(H,38,43)(H,39,45)/t22-,23-,26+,27+,35-/m1/s1. The lowest BCUT2D eigenvalue weighted by Gasteiger charge is -2.31. The molecule has 0 spiro atoms. The topological polar surface area (TPSA) is 193 Å². The summed E-state index contributed by atoms with van der Waals surface area (Å²) in [7, 11) is -2.50. The average Bonchev–Trinajstić information content (AvgIpc) is 3.99. The van der Waals surface area contributed by atoms with Gasteiger partial charge in [-0.1, -0.05) is 30.9 Å². The number of nitrogens with zero attached hydrogens (tertiary/aromatic N) is 3. The van der Waals surface area contributed by atoms with E-state index in [-0.39, 0.29) is 31.8 Å². The van der Waals surface area contributed by atoms with Crippen molar-refractivity contribution in [2.45, 2.75) is 81.0 Å². The van der Waals surface area contributed by atoms with Crippen LogP contribution in [0.25, 0.3) is 10.8 Å². The van der Waals surface area contributed by atoms with Crippen LogP contribution in [-0.2, 0) is 33.9 Å². The lowest BCUT2D eigenvalue weighted by atomic mass is 10.1. The monoisotopic (exact) mass is 724 g/mol. The molecule has 51 heavy (non-hydrogen) atoms. The lowest BCUT2D eigenvalue weighted by Crippen LogP contribution is -2.60. The van der Waals surface area contributed by atoms with Crippen molar-refractivity contribution in [1.82, 2.24) is 30.1 Å². The third-order valence-electron chi connectivity index (χ3n) is 9.01. The molecule has 3 fully saturated rings. The zero-order valence-corrected chi connectivity index (χ0v) is 29.9. The van der Waals surface area contributed by atoms with Crippen molar-refractivity contribution in [3.63, 3.8) is 0 Å². The molecule has 1 aromatic carbocycles. The summed E-state index contributed by atoms with van der Waals surface area (Å²) in [5, 5.41) is 6.16. The molecular weight excluding hydrogens is 680 g/mol. The number of likely N-dealkylation sites (N-methyl/N-ethyl adjacent to an activating group) is 1. The number of carbonyl (C=O) groups excluding carboxylic acids is 5. The fraction of sp³-hybridized carbons (Fsp3) is 0.486. The van der Waals surface area contributed by atoms with E-state index in [1.54, 1.807) is 27.0 Å². The van der Waals surface area contributed by atoms with Gasteiger partial charge in [0, 0.05) is 31.0 Å². The third-order valence-corrected chi connectivity index (χ3v) is 10.8. The summed E-state index contributed by atoms with van der Waals surface area (Å²) < 4.78 is 39.1. The summed E-state index contributed by atoms with van der Waals surface area (Å²) >= 11 is 0. The Morgan fingerprint density at radius 3 is 2.47 bits per heavy atom. The first kappa shape index (κ1) is 37.3. The molecule has 0 bridgehead atoms. The Labute approximate surface area is 296 Å². The molecule has 0 unspecified atom stereocenters. The van der Waals surface area contributed by atoms with E-state index in [0.717, 1.165) is 11.5 Å². The highest BCUT2D eigenvalue weighted by Crippen LogP contribution is 2.45. The van der Waals surface area contributed by atoms with Crippen LogP contribution in [0.2, 0.25) is 0 Å². The molecule has 1 saturated heterocycles. The summed E-state index contributed by atoms with van der Waals surface area (Å²) in [6, 6.07) is 6.61. The maximum absolute atomic E-state index is 14.4. The molecule has 5 rings (SSSR count). The summed E-state index contributed by atoms with van der Waals surface area (Å²) in [5.41, 5.74) is -2.51. The SMILES string of the molecule is C=CC(=O)N(C)C[C@H](NC(=O)OC(C)(C)C)C(=O)N1C[C@H](Oc2nccc3ccccc23)C[C@H]1C(=O)N[C@]1(C(=O)NS(=O)(=O)C2CC2)C[C@H]1C=C. The number of fused-ring (bicyclic) bond motifs is 1. The molecule has 5 amide bonds. The van der Waals surface area contributed by atoms with Crippen molar-refractivity contribution >= 4 is 50.5 Å². The molecule has 2 aliphatic carbocycles. The lowest BCUT2D eigenvalue weighted by molar-refractivity contribution is -0.141. The minimum atomic E-state index is -3.93. The van der Waals surface area contributed by atoms with Crippen molar-refractivity contribution in [2.24, 2.45) is 5.92 Å². The van der Waals surface area contributed by atoms with Crippen LogP contribution >= 0.6 is 0 Å². The van der Waals surface area contributed by atoms with Crippen molar-refractivity contribution in [3.8, 4) is 5.88 Å². The molecule has 1 aromatic heterocycles. The minimum Gasteiger partial charge on any atom is -0.472 e. The van der Waals surface area contributed by atoms with Crippen LogP contribution in [0.3, 0.4) is 0 Å². The molecule has 3 aliphatic rings. The number of alkyl carbamates (subject to hydrolysis) is 1. The highest BCUT2D eigenvalue weighted by atomic mass is 32.2. The predicted molar refractivity (Wildman–Crippen MR) is 187 cm³/mol. The van der Waals surface area contributed by atoms with E-state index >= 15 is 0 Å². The van der Waals surface area contributed by atoms with Gasteiger partial charge in [0.05, 0.1) is 18.3 Å². The summed E-state index contributed by atoms with van der Waals surface area (Å²) in [6.07, 6.45) is 3.34. The molecule has 5 atom stereocenters. The van der Waals surface area contributed by atoms with E-state index < -0.39 is 80.2 Å². The first-order valence-electron chi connectivity index (χ1n) is 16.7. The molecular formula is C35H44N6O9S. The maximum Gasteiger partial charge on any atom is 0.408 e. The number of pyridine rings is 1. The van der Waals surface area contributed by atoms with Crippen molar-refractivity contribution in [1.29, 1.82) is 0 Å². The molecule has 2 aromatic rings. The molecule has 3 N–H and O–H groups in total. The van der Waals surface area contributed by atoms with Gasteiger partial charge in [0.25, 0.3) is 5.91 Å². The van der Waals surface area contributed by atoms with Crippen LogP contribution in [0.1, 0.15) is 46.5 Å². The van der Waals surface area contributed by atoms with E-state index in [1.165, 1.54) is 22.9 Å². The largest absolute Gasteiger partial charge is 0.472 e. The van der Waals surface area contributed by atoms with Gasteiger partial charge in [-0.05, 0) is 63.6 Å². The van der Waals surface area contributed by atoms with E-state index in [2.05, 4.69) is 33.5 Å². The van der Waals surface area contributed by atoms with Crippen LogP contribution in [0, 0.1) is 5.92 Å². The highest BCUT2D eigenvalue weighted by Gasteiger charge is 2.62. The molecule has 0 radical (unpaired) electrons. The highest BCUT2D eigenvalue weighted by molar-refractivity contribution is 7.91. The number of sulfonamides is 1. The van der Waals surface area contributed by atoms with Gasteiger partial charge < -0.3 is 29.9 Å². The van der Waals surface area contributed by atoms with Crippen molar-refractivity contribution in [3.05, 3.63) is 61.8 Å². The van der Waals surface area contributed by atoms with E-state index in [4.69, 9.17) is 9.47 Å². The third kappa shape index (κ3) is 8.49. The smallest absolute Gasteiger partial charge is 0.408 e. The zero-order valence-electron chi connectivity index (χ0n) is 29.1. The van der Waals surface area contributed by atoms with Crippen LogP contribution in [0.4, 0.5) is 4.79 Å². The molecule has 1 aliphatic heterocycles. The van der Waals surface area contributed by atoms with Gasteiger partial charge in [-0.2, -0.15) is 0 Å². The number of rotatable bonds is 13. The number of nitrogens with one attached hydrogen (secondary N) is 3. The van der Waals surface area contributed by atoms with Gasteiger partial charge >= 0.3 is 6.09 Å². The average molecular weight is 725 g/mol. The Morgan fingerprint density at radius 2 is 1.84 bits per heavy atom. The first-order chi connectivity index (χ1) is 24.0. The number of ether oxygens (including phenoxy) is 2. The number of amides is 5. The number of hydrogen-bond donors (Lipinski definition) is 3. The van der Waals surface area contributed by atoms with Crippen LogP contribution in [0.15, 0.2) is 61.8 Å². The van der Waals surface area contributed by atoms with Crippen molar-refractivity contribution in [2.75, 3.05) is 20.1 Å². The zero-order chi connectivity index (χ0) is 37.3. The number of aromatic nitrogens is 1. The number of hydrogen-bond acceptors (Lipinski definition) is 10. The van der Waals surface area contributed by atoms with E-state index in [9.17, 15) is 32.4 Å². The van der Waals surface area contributed by atoms with Gasteiger partial charge in [0.15, 0.2) is 0 Å². The van der Waals surface area contributed by atoms with Gasteiger partial charge in [-0.15, -0.1) is 6.58 Å². The second-order valence-corrected chi connectivity index (χ2v) is 16.1. The summed E-state index contributed by atoms with van der Waals surface area (Å²) in [4.78, 5) is 74.1. The fourth-order valence-corrected chi connectivity index (χ4v) is 7.46. The van der Waals surface area contributed by atoms with Crippen LogP contribution in [-0.4, -0.2) is 108 Å². The quantitative estimate of drug-likeness (QED) is 0.203. The Balaban J connectivity index is 1.45. The minimum absolute atomic E-state index is 0.0418. The molecule has 2 heterocycles. The van der Waals surface area contributed by atoms with Gasteiger partial charge in [0.2, 0.25) is 33.6 Å². The molecule has 274 valence electrons. The van der Waals surface area contributed by atoms with E-state index in [1.807, 2.05) is 30.3 Å². The van der Waals surface area contributed by atoms with E-state index in [0.29, 0.717) is 18.2 Å². The summed E-state index contributed by atoms with van der Waals surface area (Å²) in [5.74, 6) is -3.15. The Hall–Kier alpha value is -4.99. The Bertz CT molecular complexity index is 1850. The van der Waals surface area contributed by atoms with Crippen molar-refractivity contribution < 1.29 is 41.9 Å². The second kappa shape index (κ2) is 14.3. The maximum atomic E-state index is 14.4. The van der Waals surface area contributed by atoms with Crippen LogP contribution in [0.5, 0.6) is 5.88 Å².